The lowest BCUT2D eigenvalue weighted by molar-refractivity contribution is 0.0696. The van der Waals surface area contributed by atoms with Gasteiger partial charge in [0.05, 0.1) is 16.1 Å². The van der Waals surface area contributed by atoms with Crippen molar-refractivity contribution in [2.45, 2.75) is 4.90 Å². The Balaban J connectivity index is 2.41. The number of carbonyl (C=O) groups is 1. The highest BCUT2D eigenvalue weighted by molar-refractivity contribution is 7.92. The van der Waals surface area contributed by atoms with Gasteiger partial charge in [-0.25, -0.2) is 22.0 Å². The zero-order valence-corrected chi connectivity index (χ0v) is 11.2. The van der Waals surface area contributed by atoms with Gasteiger partial charge >= 0.3 is 5.97 Å². The Morgan fingerprint density at radius 2 is 1.81 bits per heavy atom. The summed E-state index contributed by atoms with van der Waals surface area (Å²) in [5.74, 6) is -3.06. The average molecular weight is 313 g/mol. The molecule has 21 heavy (non-hydrogen) atoms. The second kappa shape index (κ2) is 5.49. The molecule has 2 rings (SSSR count). The Hall–Kier alpha value is -2.48. The van der Waals surface area contributed by atoms with Crippen molar-refractivity contribution in [1.82, 2.24) is 0 Å². The number of aromatic carboxylic acids is 1. The van der Waals surface area contributed by atoms with E-state index in [2.05, 4.69) is 0 Å². The molecule has 0 heterocycles. The van der Waals surface area contributed by atoms with Gasteiger partial charge in [-0.05, 0) is 30.3 Å². The van der Waals surface area contributed by atoms with Crippen LogP contribution in [0.4, 0.5) is 14.5 Å². The number of anilines is 1. The molecule has 0 aliphatic carbocycles. The molecule has 0 aliphatic heterocycles. The SMILES string of the molecule is O=C(O)c1cccc(S(=O)(=O)Nc2cc(F)ccc2F)c1. The van der Waals surface area contributed by atoms with Crippen molar-refractivity contribution in [3.05, 3.63) is 59.7 Å². The van der Waals surface area contributed by atoms with E-state index in [0.29, 0.717) is 6.07 Å². The summed E-state index contributed by atoms with van der Waals surface area (Å²) in [6.07, 6.45) is 0. The first kappa shape index (κ1) is 14.9. The fraction of sp³-hybridized carbons (Fsp3) is 0. The Morgan fingerprint density at radius 1 is 1.10 bits per heavy atom. The molecule has 2 aromatic carbocycles. The maximum Gasteiger partial charge on any atom is 0.335 e. The van der Waals surface area contributed by atoms with Crippen LogP contribution in [0, 0.1) is 11.6 Å². The van der Waals surface area contributed by atoms with Crippen LogP contribution in [0.1, 0.15) is 10.4 Å². The number of carboxylic acid groups (broad SMARTS) is 1. The standard InChI is InChI=1S/C13H9F2NO4S/c14-9-4-5-11(15)12(7-9)16-21(19,20)10-3-1-2-8(6-10)13(17)18/h1-7,16H,(H,17,18). The Kier molecular flexibility index (Phi) is 3.90. The number of halogens is 2. The van der Waals surface area contributed by atoms with Crippen LogP contribution in [-0.2, 0) is 10.0 Å². The van der Waals surface area contributed by atoms with Crippen molar-refractivity contribution in [3.8, 4) is 0 Å². The third-order valence-electron chi connectivity index (χ3n) is 2.56. The normalized spacial score (nSPS) is 11.1. The van der Waals surface area contributed by atoms with Crippen LogP contribution in [0.25, 0.3) is 0 Å². The quantitative estimate of drug-likeness (QED) is 0.908. The second-order valence-electron chi connectivity index (χ2n) is 4.06. The number of hydrogen-bond acceptors (Lipinski definition) is 3. The fourth-order valence-corrected chi connectivity index (χ4v) is 2.68. The smallest absolute Gasteiger partial charge is 0.335 e. The van der Waals surface area contributed by atoms with Crippen molar-refractivity contribution in [3.63, 3.8) is 0 Å². The molecule has 0 amide bonds. The maximum atomic E-state index is 13.4. The molecular weight excluding hydrogens is 304 g/mol. The Bertz CT molecular complexity index is 806. The molecule has 5 nitrogen and oxygen atoms in total. The van der Waals surface area contributed by atoms with Gasteiger partial charge in [0.25, 0.3) is 10.0 Å². The van der Waals surface area contributed by atoms with E-state index >= 15 is 0 Å². The number of benzene rings is 2. The molecule has 2 N–H and O–H groups in total. The van der Waals surface area contributed by atoms with Gasteiger partial charge in [-0.3, -0.25) is 4.72 Å². The van der Waals surface area contributed by atoms with Crippen molar-refractivity contribution in [2.75, 3.05) is 4.72 Å². The first-order valence-corrected chi connectivity index (χ1v) is 7.09. The second-order valence-corrected chi connectivity index (χ2v) is 5.75. The van der Waals surface area contributed by atoms with Crippen LogP contribution in [-0.4, -0.2) is 19.5 Å². The van der Waals surface area contributed by atoms with Gasteiger partial charge in [0.1, 0.15) is 11.6 Å². The molecule has 0 bridgehead atoms. The number of nitrogens with one attached hydrogen (secondary N) is 1. The van der Waals surface area contributed by atoms with Crippen molar-refractivity contribution >= 4 is 21.7 Å². The highest BCUT2D eigenvalue weighted by Crippen LogP contribution is 2.20. The highest BCUT2D eigenvalue weighted by atomic mass is 32.2. The first-order chi connectivity index (χ1) is 9.79. The highest BCUT2D eigenvalue weighted by Gasteiger charge is 2.18. The zero-order chi connectivity index (χ0) is 15.6. The maximum absolute atomic E-state index is 13.4. The fourth-order valence-electron chi connectivity index (χ4n) is 1.58. The molecule has 0 radical (unpaired) electrons. The monoisotopic (exact) mass is 313 g/mol. The number of hydrogen-bond donors (Lipinski definition) is 2. The van der Waals surface area contributed by atoms with Crippen molar-refractivity contribution in [1.29, 1.82) is 0 Å². The number of sulfonamides is 1. The van der Waals surface area contributed by atoms with E-state index in [1.54, 1.807) is 0 Å². The third kappa shape index (κ3) is 3.34. The predicted octanol–water partition coefficient (Wildman–Crippen LogP) is 2.46. The van der Waals surface area contributed by atoms with Crippen LogP contribution in [0.15, 0.2) is 47.4 Å². The summed E-state index contributed by atoms with van der Waals surface area (Å²) in [5, 5.41) is 8.82. The minimum absolute atomic E-state index is 0.238. The summed E-state index contributed by atoms with van der Waals surface area (Å²) in [5.41, 5.74) is -0.798. The number of rotatable bonds is 4. The van der Waals surface area contributed by atoms with Crippen LogP contribution < -0.4 is 4.72 Å². The molecule has 0 spiro atoms. The summed E-state index contributed by atoms with van der Waals surface area (Å²) < 4.78 is 52.4. The van der Waals surface area contributed by atoms with Crippen molar-refractivity contribution in [2.24, 2.45) is 0 Å². The summed E-state index contributed by atoms with van der Waals surface area (Å²) in [6.45, 7) is 0. The molecule has 0 unspecified atom stereocenters. The lowest BCUT2D eigenvalue weighted by Gasteiger charge is -2.09. The third-order valence-corrected chi connectivity index (χ3v) is 3.93. The average Bonchev–Trinajstić information content (AvgIpc) is 2.43. The van der Waals surface area contributed by atoms with Crippen LogP contribution in [0.3, 0.4) is 0 Å². The van der Waals surface area contributed by atoms with Gasteiger partial charge in [0.15, 0.2) is 0 Å². The molecule has 0 atom stereocenters. The molecule has 0 saturated heterocycles. The lowest BCUT2D eigenvalue weighted by atomic mass is 10.2. The molecule has 0 aliphatic rings. The summed E-state index contributed by atoms with van der Waals surface area (Å²) in [4.78, 5) is 10.4. The van der Waals surface area contributed by atoms with Gasteiger partial charge in [-0.1, -0.05) is 6.07 Å². The summed E-state index contributed by atoms with van der Waals surface area (Å²) >= 11 is 0. The minimum Gasteiger partial charge on any atom is -0.478 e. The van der Waals surface area contributed by atoms with Crippen LogP contribution >= 0.6 is 0 Å². The first-order valence-electron chi connectivity index (χ1n) is 5.61. The molecule has 8 heteroatoms. The van der Waals surface area contributed by atoms with Gasteiger partial charge in [-0.2, -0.15) is 0 Å². The predicted molar refractivity (Wildman–Crippen MR) is 70.6 cm³/mol. The lowest BCUT2D eigenvalue weighted by Crippen LogP contribution is -2.14. The van der Waals surface area contributed by atoms with E-state index in [1.165, 1.54) is 12.1 Å². The zero-order valence-electron chi connectivity index (χ0n) is 10.4. The largest absolute Gasteiger partial charge is 0.478 e. The van der Waals surface area contributed by atoms with E-state index < -0.39 is 33.3 Å². The van der Waals surface area contributed by atoms with Gasteiger partial charge in [-0.15, -0.1) is 0 Å². The van der Waals surface area contributed by atoms with Crippen LogP contribution in [0.5, 0.6) is 0 Å². The van der Waals surface area contributed by atoms with Gasteiger partial charge < -0.3 is 5.11 Å². The van der Waals surface area contributed by atoms with E-state index in [1.807, 2.05) is 4.72 Å². The molecule has 0 fully saturated rings. The summed E-state index contributed by atoms with van der Waals surface area (Å²) in [7, 11) is -4.23. The summed E-state index contributed by atoms with van der Waals surface area (Å²) in [6, 6.07) is 6.82. The topological polar surface area (TPSA) is 83.5 Å². The minimum atomic E-state index is -4.23. The molecule has 110 valence electrons. The Morgan fingerprint density at radius 3 is 2.48 bits per heavy atom. The molecule has 0 aromatic heterocycles. The van der Waals surface area contributed by atoms with E-state index in [-0.39, 0.29) is 10.5 Å². The Labute approximate surface area is 118 Å². The van der Waals surface area contributed by atoms with Gasteiger partial charge in [0, 0.05) is 6.07 Å². The van der Waals surface area contributed by atoms with Gasteiger partial charge in [0.2, 0.25) is 0 Å². The molecule has 2 aromatic rings. The number of carboxylic acids is 1. The molecular formula is C13H9F2NO4S. The van der Waals surface area contributed by atoms with E-state index in [4.69, 9.17) is 5.11 Å². The van der Waals surface area contributed by atoms with E-state index in [0.717, 1.165) is 24.3 Å². The molecule has 0 saturated carbocycles. The van der Waals surface area contributed by atoms with Crippen molar-refractivity contribution < 1.29 is 27.1 Å². The van der Waals surface area contributed by atoms with Crippen LogP contribution in [0.2, 0.25) is 0 Å². The van der Waals surface area contributed by atoms with E-state index in [9.17, 15) is 22.0 Å².